The number of non-ortho nitro benzene ring substituents is 1. The second-order valence-corrected chi connectivity index (χ2v) is 5.31. The van der Waals surface area contributed by atoms with Gasteiger partial charge in [0.05, 0.1) is 10.6 Å². The van der Waals surface area contributed by atoms with Crippen molar-refractivity contribution in [2.75, 3.05) is 0 Å². The molecule has 0 aliphatic carbocycles. The predicted octanol–water partition coefficient (Wildman–Crippen LogP) is 3.17. The molecular weight excluding hydrogens is 332 g/mol. The van der Waals surface area contributed by atoms with Crippen molar-refractivity contribution in [2.45, 2.75) is 0 Å². The van der Waals surface area contributed by atoms with Gasteiger partial charge < -0.3 is 0 Å². The first-order valence-corrected chi connectivity index (χ1v) is 7.73. The van der Waals surface area contributed by atoms with Crippen molar-refractivity contribution in [1.29, 1.82) is 0 Å². The number of amides is 1. The van der Waals surface area contributed by atoms with Gasteiger partial charge in [0.2, 0.25) is 0 Å². The summed E-state index contributed by atoms with van der Waals surface area (Å²) in [5.41, 5.74) is 4.83. The molecule has 0 unspecified atom stereocenters. The molecule has 1 aromatic heterocycles. The Balaban J connectivity index is 1.86. The van der Waals surface area contributed by atoms with Crippen LogP contribution in [0.15, 0.2) is 84.2 Å². The molecule has 1 heterocycles. The fourth-order valence-corrected chi connectivity index (χ4v) is 2.30. The van der Waals surface area contributed by atoms with Gasteiger partial charge in [-0.3, -0.25) is 19.9 Å². The minimum Gasteiger partial charge on any atom is -0.267 e. The average Bonchev–Trinajstić information content (AvgIpc) is 2.69. The van der Waals surface area contributed by atoms with E-state index in [2.05, 4.69) is 15.5 Å². The van der Waals surface area contributed by atoms with Gasteiger partial charge in [-0.25, -0.2) is 5.43 Å². The third-order valence-electron chi connectivity index (χ3n) is 3.59. The first kappa shape index (κ1) is 17.0. The van der Waals surface area contributed by atoms with Crippen LogP contribution in [-0.4, -0.2) is 21.5 Å². The van der Waals surface area contributed by atoms with E-state index in [1.807, 2.05) is 36.4 Å². The van der Waals surface area contributed by atoms with E-state index in [4.69, 9.17) is 0 Å². The lowest BCUT2D eigenvalue weighted by atomic mass is 10.0. The summed E-state index contributed by atoms with van der Waals surface area (Å²) in [6, 6.07) is 18.3. The summed E-state index contributed by atoms with van der Waals surface area (Å²) in [6.45, 7) is 0. The fraction of sp³-hybridized carbons (Fsp3) is 0. The Morgan fingerprint density at radius 3 is 2.23 bits per heavy atom. The molecule has 7 nitrogen and oxygen atoms in total. The normalized spacial score (nSPS) is 11.0. The maximum absolute atomic E-state index is 12.3. The zero-order valence-corrected chi connectivity index (χ0v) is 13.6. The van der Waals surface area contributed by atoms with Crippen molar-refractivity contribution in [3.8, 4) is 0 Å². The number of carbonyl (C=O) groups excluding carboxylic acids is 1. The lowest BCUT2D eigenvalue weighted by Gasteiger charge is -2.07. The van der Waals surface area contributed by atoms with Crippen molar-refractivity contribution in [3.63, 3.8) is 0 Å². The molecule has 1 amide bonds. The number of nitro benzene ring substituents is 1. The highest BCUT2D eigenvalue weighted by Gasteiger charge is 2.11. The topological polar surface area (TPSA) is 97.5 Å². The van der Waals surface area contributed by atoms with Crippen LogP contribution in [-0.2, 0) is 0 Å². The zero-order chi connectivity index (χ0) is 18.4. The Hall–Kier alpha value is -3.87. The second kappa shape index (κ2) is 7.80. The van der Waals surface area contributed by atoms with E-state index in [9.17, 15) is 14.9 Å². The van der Waals surface area contributed by atoms with Crippen molar-refractivity contribution in [1.82, 2.24) is 10.4 Å². The zero-order valence-electron chi connectivity index (χ0n) is 13.6. The van der Waals surface area contributed by atoms with E-state index in [0.717, 1.165) is 11.1 Å². The minimum atomic E-state index is -0.518. The molecule has 3 aromatic rings. The SMILES string of the molecule is O=C(N/N=C(\c1ccccc1)c1cccnc1)c1ccc([N+](=O)[O-])cc1. The van der Waals surface area contributed by atoms with Gasteiger partial charge in [0.15, 0.2) is 0 Å². The number of carbonyl (C=O) groups is 1. The van der Waals surface area contributed by atoms with Gasteiger partial charge in [0.1, 0.15) is 0 Å². The Kier molecular flexibility index (Phi) is 5.09. The van der Waals surface area contributed by atoms with Crippen molar-refractivity contribution in [2.24, 2.45) is 5.10 Å². The molecule has 0 aliphatic heterocycles. The van der Waals surface area contributed by atoms with Gasteiger partial charge in [-0.05, 0) is 24.3 Å². The summed E-state index contributed by atoms with van der Waals surface area (Å²) < 4.78 is 0. The lowest BCUT2D eigenvalue weighted by molar-refractivity contribution is -0.384. The van der Waals surface area contributed by atoms with Crippen LogP contribution in [0.2, 0.25) is 0 Å². The largest absolute Gasteiger partial charge is 0.271 e. The molecule has 1 N–H and O–H groups in total. The maximum atomic E-state index is 12.3. The predicted molar refractivity (Wildman–Crippen MR) is 96.9 cm³/mol. The van der Waals surface area contributed by atoms with E-state index < -0.39 is 10.8 Å². The number of nitro groups is 1. The summed E-state index contributed by atoms with van der Waals surface area (Å²) >= 11 is 0. The second-order valence-electron chi connectivity index (χ2n) is 5.31. The molecule has 0 atom stereocenters. The van der Waals surface area contributed by atoms with Crippen LogP contribution in [0.3, 0.4) is 0 Å². The Labute approximate surface area is 149 Å². The van der Waals surface area contributed by atoms with Crippen LogP contribution in [0.1, 0.15) is 21.5 Å². The molecule has 0 saturated heterocycles. The number of nitrogens with zero attached hydrogens (tertiary/aromatic N) is 3. The smallest absolute Gasteiger partial charge is 0.267 e. The van der Waals surface area contributed by atoms with E-state index in [1.54, 1.807) is 18.5 Å². The quantitative estimate of drug-likeness (QED) is 0.436. The lowest BCUT2D eigenvalue weighted by Crippen LogP contribution is -2.20. The molecule has 128 valence electrons. The van der Waals surface area contributed by atoms with Crippen LogP contribution in [0, 0.1) is 10.1 Å². The van der Waals surface area contributed by atoms with Gasteiger partial charge in [-0.2, -0.15) is 5.10 Å². The van der Waals surface area contributed by atoms with E-state index in [1.165, 1.54) is 24.3 Å². The standard InChI is InChI=1S/C19H14N4O3/c24-19(15-8-10-17(11-9-15)23(25)26)22-21-18(14-5-2-1-3-6-14)16-7-4-12-20-13-16/h1-13H,(H,22,24)/b21-18+. The highest BCUT2D eigenvalue weighted by atomic mass is 16.6. The van der Waals surface area contributed by atoms with Crippen molar-refractivity contribution < 1.29 is 9.72 Å². The Morgan fingerprint density at radius 1 is 0.923 bits per heavy atom. The van der Waals surface area contributed by atoms with Gasteiger partial charge in [0.25, 0.3) is 11.6 Å². The number of benzene rings is 2. The third-order valence-corrected chi connectivity index (χ3v) is 3.59. The van der Waals surface area contributed by atoms with E-state index in [0.29, 0.717) is 5.71 Å². The summed E-state index contributed by atoms with van der Waals surface area (Å²) in [6.07, 6.45) is 3.31. The Morgan fingerprint density at radius 2 is 1.62 bits per heavy atom. The molecule has 0 fully saturated rings. The highest BCUT2D eigenvalue weighted by molar-refractivity contribution is 6.13. The van der Waals surface area contributed by atoms with Crippen molar-refractivity contribution >= 4 is 17.3 Å². The van der Waals surface area contributed by atoms with Crippen LogP contribution in [0.5, 0.6) is 0 Å². The van der Waals surface area contributed by atoms with Crippen LogP contribution in [0.25, 0.3) is 0 Å². The molecule has 2 aromatic carbocycles. The molecule has 0 aliphatic rings. The van der Waals surface area contributed by atoms with Gasteiger partial charge in [-0.1, -0.05) is 30.3 Å². The number of hydrazone groups is 1. The molecule has 0 saturated carbocycles. The molecule has 0 radical (unpaired) electrons. The molecular formula is C19H14N4O3. The van der Waals surface area contributed by atoms with Crippen LogP contribution in [0.4, 0.5) is 5.69 Å². The number of aromatic nitrogens is 1. The molecule has 0 bridgehead atoms. The maximum Gasteiger partial charge on any atom is 0.271 e. The van der Waals surface area contributed by atoms with Gasteiger partial charge in [-0.15, -0.1) is 0 Å². The van der Waals surface area contributed by atoms with Gasteiger partial charge in [0, 0.05) is 41.2 Å². The number of pyridine rings is 1. The molecule has 3 rings (SSSR count). The summed E-state index contributed by atoms with van der Waals surface area (Å²) in [5.74, 6) is -0.461. The average molecular weight is 346 g/mol. The monoisotopic (exact) mass is 346 g/mol. The first-order chi connectivity index (χ1) is 12.6. The summed E-state index contributed by atoms with van der Waals surface area (Å²) in [7, 11) is 0. The number of nitrogens with one attached hydrogen (secondary N) is 1. The first-order valence-electron chi connectivity index (χ1n) is 7.73. The number of hydrogen-bond donors (Lipinski definition) is 1. The summed E-state index contributed by atoms with van der Waals surface area (Å²) in [4.78, 5) is 26.5. The highest BCUT2D eigenvalue weighted by Crippen LogP contribution is 2.12. The van der Waals surface area contributed by atoms with Crippen LogP contribution >= 0.6 is 0 Å². The van der Waals surface area contributed by atoms with Crippen LogP contribution < -0.4 is 5.43 Å². The molecule has 26 heavy (non-hydrogen) atoms. The minimum absolute atomic E-state index is 0.0783. The van der Waals surface area contributed by atoms with Crippen molar-refractivity contribution in [3.05, 3.63) is 106 Å². The van der Waals surface area contributed by atoms with E-state index in [-0.39, 0.29) is 11.3 Å². The Bertz CT molecular complexity index is 898. The molecule has 0 spiro atoms. The third kappa shape index (κ3) is 3.96. The number of rotatable bonds is 5. The molecule has 7 heteroatoms. The summed E-state index contributed by atoms with van der Waals surface area (Å²) in [5, 5.41) is 14.9. The fourth-order valence-electron chi connectivity index (χ4n) is 2.30. The van der Waals surface area contributed by atoms with Gasteiger partial charge >= 0.3 is 0 Å². The number of hydrogen-bond acceptors (Lipinski definition) is 5. The van der Waals surface area contributed by atoms with E-state index >= 15 is 0 Å².